The van der Waals surface area contributed by atoms with E-state index < -0.39 is 0 Å². The predicted molar refractivity (Wildman–Crippen MR) is 76.3 cm³/mol. The monoisotopic (exact) mass is 343 g/mol. The Labute approximate surface area is 114 Å². The topological polar surface area (TPSA) is 38.3 Å². The Morgan fingerprint density at radius 1 is 1.35 bits per heavy atom. The van der Waals surface area contributed by atoms with Crippen LogP contribution in [-0.2, 0) is 4.79 Å². The van der Waals surface area contributed by atoms with Crippen LogP contribution >= 0.6 is 22.6 Å². The Morgan fingerprint density at radius 2 is 2.18 bits per heavy atom. The van der Waals surface area contributed by atoms with Crippen molar-refractivity contribution in [3.05, 3.63) is 33.5 Å². The Hall–Kier alpha value is -1.04. The van der Waals surface area contributed by atoms with Crippen molar-refractivity contribution in [2.24, 2.45) is 0 Å². The molecule has 1 aromatic rings. The van der Waals surface area contributed by atoms with Gasteiger partial charge < -0.3 is 10.1 Å². The normalized spacial score (nSPS) is 15.4. The number of benzene rings is 1. The summed E-state index contributed by atoms with van der Waals surface area (Å²) in [5.74, 6) is 1.05. The molecule has 0 radical (unpaired) electrons. The molecule has 2 rings (SSSR count). The van der Waals surface area contributed by atoms with E-state index in [2.05, 4.69) is 27.9 Å². The molecule has 1 aliphatic rings. The number of halogens is 1. The summed E-state index contributed by atoms with van der Waals surface area (Å²) in [7, 11) is 1.66. The highest BCUT2D eigenvalue weighted by molar-refractivity contribution is 14.1. The van der Waals surface area contributed by atoms with Crippen molar-refractivity contribution in [3.63, 3.8) is 0 Å². The van der Waals surface area contributed by atoms with Crippen LogP contribution in [-0.4, -0.2) is 12.9 Å². The van der Waals surface area contributed by atoms with E-state index >= 15 is 0 Å². The number of ketones is 1. The predicted octanol–water partition coefficient (Wildman–Crippen LogP) is 3.35. The summed E-state index contributed by atoms with van der Waals surface area (Å²) in [6.07, 6.45) is 4.23. The van der Waals surface area contributed by atoms with Gasteiger partial charge in [-0.25, -0.2) is 0 Å². The number of hydrogen-bond donors (Lipinski definition) is 1. The van der Waals surface area contributed by atoms with Crippen molar-refractivity contribution in [1.82, 2.24) is 0 Å². The quantitative estimate of drug-likeness (QED) is 0.856. The minimum absolute atomic E-state index is 0.205. The van der Waals surface area contributed by atoms with Crippen LogP contribution in [0, 0.1) is 3.57 Å². The van der Waals surface area contributed by atoms with E-state index in [1.807, 2.05) is 18.2 Å². The molecule has 90 valence electrons. The number of allylic oxidation sites excluding steroid dienone is 2. The molecule has 1 N–H and O–H groups in total. The fraction of sp³-hybridized carbons (Fsp3) is 0.308. The molecule has 0 aliphatic heterocycles. The third kappa shape index (κ3) is 3.00. The third-order valence-electron chi connectivity index (χ3n) is 2.68. The molecule has 0 atom stereocenters. The highest BCUT2D eigenvalue weighted by Gasteiger charge is 2.12. The van der Waals surface area contributed by atoms with Gasteiger partial charge in [0.05, 0.1) is 16.4 Å². The third-order valence-corrected chi connectivity index (χ3v) is 3.80. The van der Waals surface area contributed by atoms with Gasteiger partial charge >= 0.3 is 0 Å². The van der Waals surface area contributed by atoms with E-state index in [-0.39, 0.29) is 5.78 Å². The van der Waals surface area contributed by atoms with Crippen molar-refractivity contribution in [2.75, 3.05) is 12.4 Å². The highest BCUT2D eigenvalue weighted by atomic mass is 127. The first-order chi connectivity index (χ1) is 8.20. The summed E-state index contributed by atoms with van der Waals surface area (Å²) in [6, 6.07) is 5.85. The number of hydrogen-bond acceptors (Lipinski definition) is 3. The largest absolute Gasteiger partial charge is 0.496 e. The lowest BCUT2D eigenvalue weighted by molar-refractivity contribution is -0.115. The standard InChI is InChI=1S/C13H14INO2/c1-17-12-7-3-6-11(13(12)14)15-9-4-2-5-10(16)8-9/h3,6-8,15H,2,4-5H2,1H3. The van der Waals surface area contributed by atoms with Crippen LogP contribution in [0.2, 0.25) is 0 Å². The molecule has 0 amide bonds. The van der Waals surface area contributed by atoms with Crippen molar-refractivity contribution >= 4 is 34.1 Å². The number of methoxy groups -OCH3 is 1. The molecule has 0 saturated heterocycles. The molecule has 1 aliphatic carbocycles. The molecule has 4 heteroatoms. The van der Waals surface area contributed by atoms with Crippen LogP contribution in [0.3, 0.4) is 0 Å². The molecule has 0 unspecified atom stereocenters. The van der Waals surface area contributed by atoms with Gasteiger partial charge in [-0.1, -0.05) is 6.07 Å². The molecule has 0 heterocycles. The maximum Gasteiger partial charge on any atom is 0.157 e. The maximum absolute atomic E-state index is 11.3. The van der Waals surface area contributed by atoms with Gasteiger partial charge in [0.1, 0.15) is 5.75 Å². The van der Waals surface area contributed by atoms with Gasteiger partial charge in [0.2, 0.25) is 0 Å². The first kappa shape index (κ1) is 12.4. The summed E-state index contributed by atoms with van der Waals surface area (Å²) < 4.78 is 6.30. The molecule has 17 heavy (non-hydrogen) atoms. The second-order valence-electron chi connectivity index (χ2n) is 3.94. The van der Waals surface area contributed by atoms with Gasteiger partial charge in [0.15, 0.2) is 5.78 Å². The van der Waals surface area contributed by atoms with Gasteiger partial charge in [-0.15, -0.1) is 0 Å². The molecule has 0 saturated carbocycles. The van der Waals surface area contributed by atoms with Crippen molar-refractivity contribution in [2.45, 2.75) is 19.3 Å². The number of anilines is 1. The van der Waals surface area contributed by atoms with E-state index in [1.165, 1.54) is 0 Å². The van der Waals surface area contributed by atoms with Crippen LogP contribution in [0.5, 0.6) is 5.75 Å². The molecular weight excluding hydrogens is 329 g/mol. The average molecular weight is 343 g/mol. The number of carbonyl (C=O) groups excluding carboxylic acids is 1. The van der Waals surface area contributed by atoms with Crippen molar-refractivity contribution < 1.29 is 9.53 Å². The number of nitrogens with one attached hydrogen (secondary N) is 1. The molecule has 0 fully saturated rings. The van der Waals surface area contributed by atoms with E-state index in [0.717, 1.165) is 33.5 Å². The zero-order chi connectivity index (χ0) is 12.3. The van der Waals surface area contributed by atoms with Crippen LogP contribution in [0.4, 0.5) is 5.69 Å². The van der Waals surface area contributed by atoms with E-state index in [4.69, 9.17) is 4.74 Å². The molecule has 0 bridgehead atoms. The number of rotatable bonds is 3. The Morgan fingerprint density at radius 3 is 2.88 bits per heavy atom. The summed E-state index contributed by atoms with van der Waals surface area (Å²) in [5.41, 5.74) is 1.98. The first-order valence-corrected chi connectivity index (χ1v) is 6.61. The van der Waals surface area contributed by atoms with E-state index in [9.17, 15) is 4.79 Å². The van der Waals surface area contributed by atoms with Crippen molar-refractivity contribution in [3.8, 4) is 5.75 Å². The van der Waals surface area contributed by atoms with E-state index in [1.54, 1.807) is 13.2 Å². The van der Waals surface area contributed by atoms with E-state index in [0.29, 0.717) is 6.42 Å². The fourth-order valence-corrected chi connectivity index (χ4v) is 2.54. The van der Waals surface area contributed by atoms with Crippen LogP contribution < -0.4 is 10.1 Å². The zero-order valence-electron chi connectivity index (χ0n) is 9.63. The van der Waals surface area contributed by atoms with Crippen molar-refractivity contribution in [1.29, 1.82) is 0 Å². The van der Waals surface area contributed by atoms with Gasteiger partial charge in [0.25, 0.3) is 0 Å². The average Bonchev–Trinajstić information content (AvgIpc) is 2.32. The van der Waals surface area contributed by atoms with Gasteiger partial charge in [-0.2, -0.15) is 0 Å². The first-order valence-electron chi connectivity index (χ1n) is 5.53. The van der Waals surface area contributed by atoms with Crippen LogP contribution in [0.15, 0.2) is 30.0 Å². The van der Waals surface area contributed by atoms with Gasteiger partial charge in [-0.05, 0) is 47.6 Å². The lowest BCUT2D eigenvalue weighted by Gasteiger charge is -2.16. The fourth-order valence-electron chi connectivity index (χ4n) is 1.83. The lowest BCUT2D eigenvalue weighted by Crippen LogP contribution is -2.10. The SMILES string of the molecule is COc1cccc(NC2=CC(=O)CCC2)c1I. The second kappa shape index (κ2) is 5.53. The smallest absolute Gasteiger partial charge is 0.157 e. The summed E-state index contributed by atoms with van der Waals surface area (Å²) >= 11 is 2.24. The lowest BCUT2D eigenvalue weighted by atomic mass is 10.0. The van der Waals surface area contributed by atoms with Crippen LogP contribution in [0.1, 0.15) is 19.3 Å². The molecule has 3 nitrogen and oxygen atoms in total. The molecule has 0 aromatic heterocycles. The summed E-state index contributed by atoms with van der Waals surface area (Å²) in [6.45, 7) is 0. The molecule has 0 spiro atoms. The Kier molecular flexibility index (Phi) is 4.04. The number of ether oxygens (including phenoxy) is 1. The maximum atomic E-state index is 11.3. The Balaban J connectivity index is 2.21. The summed E-state index contributed by atoms with van der Waals surface area (Å²) in [4.78, 5) is 11.3. The minimum Gasteiger partial charge on any atom is -0.496 e. The zero-order valence-corrected chi connectivity index (χ0v) is 11.8. The summed E-state index contributed by atoms with van der Waals surface area (Å²) in [5, 5.41) is 3.31. The molecular formula is C13H14INO2. The molecule has 1 aromatic carbocycles. The number of carbonyl (C=O) groups is 1. The second-order valence-corrected chi connectivity index (χ2v) is 5.02. The van der Waals surface area contributed by atoms with Gasteiger partial charge in [-0.3, -0.25) is 4.79 Å². The van der Waals surface area contributed by atoms with Crippen LogP contribution in [0.25, 0.3) is 0 Å². The minimum atomic E-state index is 0.205. The van der Waals surface area contributed by atoms with Gasteiger partial charge in [0, 0.05) is 18.2 Å². The Bertz CT molecular complexity index is 468. The highest BCUT2D eigenvalue weighted by Crippen LogP contribution is 2.29.